The average molecular weight is 241 g/mol. The van der Waals surface area contributed by atoms with Gasteiger partial charge in [0.2, 0.25) is 0 Å². The molecule has 104 valence electrons. The van der Waals surface area contributed by atoms with Crippen LogP contribution in [0, 0.1) is 0 Å². The molecule has 0 saturated heterocycles. The molecule has 1 aromatic rings. The van der Waals surface area contributed by atoms with E-state index in [4.69, 9.17) is 0 Å². The molecule has 0 amide bonds. The first-order valence-corrected chi connectivity index (χ1v) is 7.03. The van der Waals surface area contributed by atoms with E-state index >= 15 is 0 Å². The van der Waals surface area contributed by atoms with E-state index in [-0.39, 0.29) is 0 Å². The molecule has 1 rings (SSSR count). The molecule has 0 atom stereocenters. The molecule has 0 aliphatic heterocycles. The second-order valence-electron chi connectivity index (χ2n) is 2.23. The number of para-hydroxylation sites is 1. The van der Waals surface area contributed by atoms with Gasteiger partial charge < -0.3 is 4.90 Å². The molecule has 0 unspecified atom stereocenters. The highest BCUT2D eigenvalue weighted by Gasteiger charge is 1.87. The molecule has 0 heterocycles. The van der Waals surface area contributed by atoms with Crippen LogP contribution in [0.5, 0.6) is 0 Å². The predicted octanol–water partition coefficient (Wildman–Crippen LogP) is 5.86. The monoisotopic (exact) mass is 241 g/mol. The van der Waals surface area contributed by atoms with Gasteiger partial charge in [0.25, 0.3) is 0 Å². The zero-order valence-electron chi connectivity index (χ0n) is 13.8. The minimum atomic E-state index is 1.25. The Bertz CT molecular complexity index is 168. The van der Waals surface area contributed by atoms with E-state index < -0.39 is 0 Å². The van der Waals surface area contributed by atoms with E-state index in [1.807, 2.05) is 87.7 Å². The molecule has 0 spiro atoms. The third-order valence-corrected chi connectivity index (χ3v) is 1.27. The highest BCUT2D eigenvalue weighted by atomic mass is 15.1. The lowest BCUT2D eigenvalue weighted by Crippen LogP contribution is -2.07. The zero-order valence-corrected chi connectivity index (χ0v) is 13.8. The number of hydrogen-bond acceptors (Lipinski definition) is 1. The highest BCUT2D eigenvalue weighted by Crippen LogP contribution is 2.07. The van der Waals surface area contributed by atoms with Gasteiger partial charge >= 0.3 is 0 Å². The maximum Gasteiger partial charge on any atom is 0.0360 e. The Morgan fingerprint density at radius 2 is 0.882 bits per heavy atom. The summed E-state index contributed by atoms with van der Waals surface area (Å²) in [6, 6.07) is 10.3. The van der Waals surface area contributed by atoms with Crippen molar-refractivity contribution < 1.29 is 0 Å². The van der Waals surface area contributed by atoms with E-state index in [9.17, 15) is 0 Å². The Morgan fingerprint density at radius 3 is 1.06 bits per heavy atom. The minimum Gasteiger partial charge on any atom is -0.378 e. The van der Waals surface area contributed by atoms with Crippen molar-refractivity contribution in [1.82, 2.24) is 0 Å². The quantitative estimate of drug-likeness (QED) is 0.595. The first-order valence-electron chi connectivity index (χ1n) is 7.03. The van der Waals surface area contributed by atoms with Crippen LogP contribution in [-0.4, -0.2) is 14.1 Å². The van der Waals surface area contributed by atoms with Crippen LogP contribution in [0.15, 0.2) is 30.3 Å². The first-order chi connectivity index (χ1) is 8.30. The molecule has 0 fully saturated rings. The molecule has 0 aliphatic rings. The smallest absolute Gasteiger partial charge is 0.0360 e. The van der Waals surface area contributed by atoms with Gasteiger partial charge in [0.05, 0.1) is 0 Å². The van der Waals surface area contributed by atoms with Crippen molar-refractivity contribution in [2.75, 3.05) is 19.0 Å². The molecule has 1 heteroatoms. The Balaban J connectivity index is -0.0000000905. The van der Waals surface area contributed by atoms with Gasteiger partial charge in [-0.05, 0) is 12.1 Å². The lowest BCUT2D eigenvalue weighted by atomic mass is 10.3. The second kappa shape index (κ2) is 29.4. The summed E-state index contributed by atoms with van der Waals surface area (Å²) in [4.78, 5) is 2.08. The molecule has 0 bridgehead atoms. The van der Waals surface area contributed by atoms with Crippen molar-refractivity contribution in [1.29, 1.82) is 0 Å². The van der Waals surface area contributed by atoms with Crippen LogP contribution in [-0.2, 0) is 0 Å². The molecule has 0 aromatic heterocycles. The van der Waals surface area contributed by atoms with Crippen LogP contribution in [0.25, 0.3) is 0 Å². The summed E-state index contributed by atoms with van der Waals surface area (Å²) in [5, 5.41) is 0. The van der Waals surface area contributed by atoms with Gasteiger partial charge in [0.1, 0.15) is 0 Å². The SMILES string of the molecule is CC.CC.CC.CC.CN(C)c1ccccc1. The van der Waals surface area contributed by atoms with Gasteiger partial charge in [-0.1, -0.05) is 73.6 Å². The third-order valence-electron chi connectivity index (χ3n) is 1.27. The Labute approximate surface area is 111 Å². The van der Waals surface area contributed by atoms with E-state index in [0.717, 1.165) is 0 Å². The average Bonchev–Trinajstić information content (AvgIpc) is 2.48. The molecular weight excluding hydrogens is 206 g/mol. The van der Waals surface area contributed by atoms with Crippen LogP contribution in [0.4, 0.5) is 5.69 Å². The maximum absolute atomic E-state index is 2.08. The summed E-state index contributed by atoms with van der Waals surface area (Å²) >= 11 is 0. The third kappa shape index (κ3) is 21.0. The first kappa shape index (κ1) is 25.0. The van der Waals surface area contributed by atoms with Gasteiger partial charge in [0.15, 0.2) is 0 Å². The van der Waals surface area contributed by atoms with Crippen molar-refractivity contribution in [3.05, 3.63) is 30.3 Å². The van der Waals surface area contributed by atoms with E-state index in [1.165, 1.54) is 5.69 Å². The fraction of sp³-hybridized carbons (Fsp3) is 0.625. The van der Waals surface area contributed by atoms with E-state index in [2.05, 4.69) is 17.0 Å². The summed E-state index contributed by atoms with van der Waals surface area (Å²) in [6.07, 6.45) is 0. The van der Waals surface area contributed by atoms with E-state index in [1.54, 1.807) is 0 Å². The number of nitrogens with zero attached hydrogens (tertiary/aromatic N) is 1. The van der Waals surface area contributed by atoms with Crippen LogP contribution in [0.1, 0.15) is 55.4 Å². The number of rotatable bonds is 1. The van der Waals surface area contributed by atoms with Crippen molar-refractivity contribution in [2.24, 2.45) is 0 Å². The second-order valence-corrected chi connectivity index (χ2v) is 2.23. The molecule has 0 aliphatic carbocycles. The molecular formula is C16H35N. The lowest BCUT2D eigenvalue weighted by molar-refractivity contribution is 1.13. The Hall–Kier alpha value is -0.980. The summed E-state index contributed by atoms with van der Waals surface area (Å²) in [5.41, 5.74) is 1.25. The highest BCUT2D eigenvalue weighted by molar-refractivity contribution is 5.43. The summed E-state index contributed by atoms with van der Waals surface area (Å²) in [5.74, 6) is 0. The number of hydrogen-bond donors (Lipinski definition) is 0. The summed E-state index contributed by atoms with van der Waals surface area (Å²) < 4.78 is 0. The molecule has 0 N–H and O–H groups in total. The van der Waals surface area contributed by atoms with Crippen molar-refractivity contribution in [3.63, 3.8) is 0 Å². The van der Waals surface area contributed by atoms with E-state index in [0.29, 0.717) is 0 Å². The Kier molecular flexibility index (Phi) is 43.3. The van der Waals surface area contributed by atoms with Gasteiger partial charge in [-0.15, -0.1) is 0 Å². The van der Waals surface area contributed by atoms with Gasteiger partial charge in [-0.25, -0.2) is 0 Å². The largest absolute Gasteiger partial charge is 0.378 e. The van der Waals surface area contributed by atoms with Crippen LogP contribution in [0.3, 0.4) is 0 Å². The normalized spacial score (nSPS) is 6.24. The lowest BCUT2D eigenvalue weighted by Gasteiger charge is -2.10. The number of anilines is 1. The number of benzene rings is 1. The molecule has 1 aromatic carbocycles. The molecule has 0 radical (unpaired) electrons. The van der Waals surface area contributed by atoms with Crippen molar-refractivity contribution in [2.45, 2.75) is 55.4 Å². The molecule has 1 nitrogen and oxygen atoms in total. The minimum absolute atomic E-state index is 1.25. The van der Waals surface area contributed by atoms with Gasteiger partial charge in [0, 0.05) is 19.8 Å². The molecule has 17 heavy (non-hydrogen) atoms. The van der Waals surface area contributed by atoms with Crippen LogP contribution >= 0.6 is 0 Å². The fourth-order valence-corrected chi connectivity index (χ4v) is 0.726. The standard InChI is InChI=1S/C8H11N.4C2H6/c1-9(2)8-6-4-3-5-7-8;4*1-2/h3-7H,1-2H3;4*1-2H3. The fourth-order valence-electron chi connectivity index (χ4n) is 0.726. The summed E-state index contributed by atoms with van der Waals surface area (Å²) in [6.45, 7) is 16.0. The van der Waals surface area contributed by atoms with Crippen LogP contribution < -0.4 is 4.90 Å². The summed E-state index contributed by atoms with van der Waals surface area (Å²) in [7, 11) is 4.07. The topological polar surface area (TPSA) is 3.24 Å². The van der Waals surface area contributed by atoms with Crippen molar-refractivity contribution in [3.8, 4) is 0 Å². The molecule has 0 saturated carbocycles. The van der Waals surface area contributed by atoms with Crippen LogP contribution in [0.2, 0.25) is 0 Å². The maximum atomic E-state index is 2.08. The predicted molar refractivity (Wildman–Crippen MR) is 86.2 cm³/mol. The van der Waals surface area contributed by atoms with Crippen molar-refractivity contribution >= 4 is 5.69 Å². The van der Waals surface area contributed by atoms with Gasteiger partial charge in [-0.3, -0.25) is 0 Å². The zero-order chi connectivity index (χ0) is 14.7. The van der Waals surface area contributed by atoms with Gasteiger partial charge in [-0.2, -0.15) is 0 Å². The Morgan fingerprint density at radius 1 is 0.588 bits per heavy atom.